The number of hydrogen-bond donors (Lipinski definition) is 3. The summed E-state index contributed by atoms with van der Waals surface area (Å²) in [6.07, 6.45) is 0.750. The molecule has 0 saturated carbocycles. The van der Waals surface area contributed by atoms with E-state index in [9.17, 15) is 19.5 Å². The van der Waals surface area contributed by atoms with Gasteiger partial charge in [-0.2, -0.15) is 5.10 Å². The number of carbonyl (C=O) groups excluding carboxylic acids is 3. The fraction of sp³-hybridized carbons (Fsp3) is 0.407. The molecule has 0 aliphatic rings. The summed E-state index contributed by atoms with van der Waals surface area (Å²) in [5.41, 5.74) is 3.75. The first-order chi connectivity index (χ1) is 17.9. The normalized spacial score (nSPS) is 11.5. The highest BCUT2D eigenvalue weighted by Gasteiger charge is 2.17. The zero-order valence-corrected chi connectivity index (χ0v) is 22.8. The zero-order chi connectivity index (χ0) is 28.3. The molecule has 11 nitrogen and oxygen atoms in total. The number of ketones is 1. The molecule has 2 aromatic carbocycles. The molecule has 2 amide bonds. The zero-order valence-electron chi connectivity index (χ0n) is 22.8. The van der Waals surface area contributed by atoms with Gasteiger partial charge in [-0.3, -0.25) is 14.4 Å². The van der Waals surface area contributed by atoms with Crippen molar-refractivity contribution in [2.24, 2.45) is 5.10 Å². The molecule has 0 fully saturated rings. The second-order valence-corrected chi connectivity index (χ2v) is 9.62. The molecule has 38 heavy (non-hydrogen) atoms. The Hall–Kier alpha value is -4.12. The van der Waals surface area contributed by atoms with Crippen molar-refractivity contribution in [2.75, 3.05) is 54.3 Å². The Morgan fingerprint density at radius 1 is 0.895 bits per heavy atom. The van der Waals surface area contributed by atoms with E-state index in [2.05, 4.69) is 15.8 Å². The van der Waals surface area contributed by atoms with Crippen molar-refractivity contribution in [1.29, 1.82) is 0 Å². The van der Waals surface area contributed by atoms with E-state index in [4.69, 9.17) is 14.2 Å². The van der Waals surface area contributed by atoms with Gasteiger partial charge in [0.05, 0.1) is 54.6 Å². The summed E-state index contributed by atoms with van der Waals surface area (Å²) in [5.74, 6) is 0.352. The first-order valence-corrected chi connectivity index (χ1v) is 12.0. The van der Waals surface area contributed by atoms with E-state index < -0.39 is 0 Å². The van der Waals surface area contributed by atoms with Crippen molar-refractivity contribution in [3.8, 4) is 23.0 Å². The quantitative estimate of drug-likeness (QED) is 0.148. The van der Waals surface area contributed by atoms with Crippen LogP contribution in [0, 0.1) is 0 Å². The van der Waals surface area contributed by atoms with Gasteiger partial charge in [-0.15, -0.1) is 0 Å². The Morgan fingerprint density at radius 3 is 2.24 bits per heavy atom. The lowest BCUT2D eigenvalue weighted by atomic mass is 10.0. The number of nitrogens with zero attached hydrogens (tertiary/aromatic N) is 2. The highest BCUT2D eigenvalue weighted by molar-refractivity contribution is 6.10. The molecule has 0 atom stereocenters. The summed E-state index contributed by atoms with van der Waals surface area (Å²) in [6.45, 7) is 0.199. The van der Waals surface area contributed by atoms with Gasteiger partial charge in [-0.05, 0) is 43.2 Å². The first kappa shape index (κ1) is 30.1. The minimum Gasteiger partial charge on any atom is -0.504 e. The average molecular weight is 530 g/mol. The molecule has 0 spiro atoms. The topological polar surface area (TPSA) is 136 Å². The van der Waals surface area contributed by atoms with Crippen LogP contribution in [0.4, 0.5) is 5.69 Å². The Balaban J connectivity index is 2.09. The van der Waals surface area contributed by atoms with Crippen LogP contribution in [0.15, 0.2) is 41.5 Å². The van der Waals surface area contributed by atoms with Gasteiger partial charge in [0.15, 0.2) is 23.8 Å². The molecular formula is C27H37N4O7+. The van der Waals surface area contributed by atoms with Gasteiger partial charge < -0.3 is 29.1 Å². The number of benzene rings is 2. The van der Waals surface area contributed by atoms with Crippen LogP contribution < -0.4 is 25.0 Å². The number of rotatable bonds is 14. The maximum absolute atomic E-state index is 12.9. The summed E-state index contributed by atoms with van der Waals surface area (Å²) in [6, 6.07) is 9.40. The van der Waals surface area contributed by atoms with Crippen LogP contribution in [0.2, 0.25) is 0 Å². The number of hydrogen-bond acceptors (Lipinski definition) is 8. The minimum atomic E-state index is -0.295. The molecule has 0 aromatic heterocycles. The number of Topliss-reactive ketones (excluding diaryl/α,β-unsaturated/α-hetero) is 1. The van der Waals surface area contributed by atoms with Gasteiger partial charge in [-0.25, -0.2) is 5.43 Å². The lowest BCUT2D eigenvalue weighted by molar-refractivity contribution is -0.862. The van der Waals surface area contributed by atoms with Gasteiger partial charge in [0.1, 0.15) is 11.5 Å². The van der Waals surface area contributed by atoms with E-state index in [1.54, 1.807) is 18.2 Å². The average Bonchev–Trinajstić information content (AvgIpc) is 2.86. The number of methoxy groups -OCH3 is 3. The summed E-state index contributed by atoms with van der Waals surface area (Å²) in [7, 11) is 10.1. The first-order valence-electron chi connectivity index (χ1n) is 12.0. The number of phenols is 1. The monoisotopic (exact) mass is 529 g/mol. The third-order valence-corrected chi connectivity index (χ3v) is 5.37. The molecule has 0 aliphatic heterocycles. The molecule has 206 valence electrons. The standard InChI is InChI=1S/C27H36N4O7/c1-31(2,3)17-27(35)30-29-19(15-23(33)18-10-12-22(32)25(14-18)38-6)8-7-9-26(34)28-21-16-20(36-4)11-13-24(21)37-5/h10-14,16H,7-9,15,17H2,1-6H3,(H2-,28,30,32,33,34,35)/p+1. The highest BCUT2D eigenvalue weighted by atomic mass is 16.5. The third kappa shape index (κ3) is 9.74. The highest BCUT2D eigenvalue weighted by Crippen LogP contribution is 2.29. The molecule has 3 N–H and O–H groups in total. The van der Waals surface area contributed by atoms with Crippen molar-refractivity contribution in [2.45, 2.75) is 25.7 Å². The number of carbonyl (C=O) groups is 3. The fourth-order valence-corrected chi connectivity index (χ4v) is 3.51. The molecule has 0 heterocycles. The number of likely N-dealkylation sites (N-methyl/N-ethyl adjacent to an activating group) is 1. The summed E-state index contributed by atoms with van der Waals surface area (Å²) >= 11 is 0. The molecule has 2 rings (SSSR count). The number of ether oxygens (including phenoxy) is 3. The number of aromatic hydroxyl groups is 1. The molecule has 0 unspecified atom stereocenters. The molecule has 11 heteroatoms. The fourth-order valence-electron chi connectivity index (χ4n) is 3.51. The minimum absolute atomic E-state index is 0.0795. The molecule has 2 aromatic rings. The maximum atomic E-state index is 12.9. The van der Waals surface area contributed by atoms with E-state index in [-0.39, 0.29) is 48.5 Å². The Labute approximate surface area is 223 Å². The number of nitrogens with one attached hydrogen (secondary N) is 2. The lowest BCUT2D eigenvalue weighted by Crippen LogP contribution is -2.43. The van der Waals surface area contributed by atoms with Crippen molar-refractivity contribution < 1.29 is 38.2 Å². The van der Waals surface area contributed by atoms with Crippen LogP contribution >= 0.6 is 0 Å². The van der Waals surface area contributed by atoms with Crippen LogP contribution in [-0.4, -0.2) is 81.9 Å². The predicted octanol–water partition coefficient (Wildman–Crippen LogP) is 2.98. The van der Waals surface area contributed by atoms with E-state index >= 15 is 0 Å². The van der Waals surface area contributed by atoms with Gasteiger partial charge in [-0.1, -0.05) is 0 Å². The van der Waals surface area contributed by atoms with E-state index in [0.29, 0.717) is 45.8 Å². The number of amides is 2. The SMILES string of the molecule is COc1ccc(OC)c(NC(=O)CCCC(CC(=O)c2ccc(O)c(OC)c2)=NNC(=O)C[N+](C)(C)C)c1. The second-order valence-electron chi connectivity index (χ2n) is 9.62. The number of anilines is 1. The van der Waals surface area contributed by atoms with Gasteiger partial charge in [0.25, 0.3) is 5.91 Å². The maximum Gasteiger partial charge on any atom is 0.295 e. The van der Waals surface area contributed by atoms with Gasteiger partial charge in [0, 0.05) is 23.8 Å². The Bertz CT molecular complexity index is 1170. The summed E-state index contributed by atoms with van der Waals surface area (Å²) in [4.78, 5) is 37.8. The van der Waals surface area contributed by atoms with Crippen molar-refractivity contribution in [1.82, 2.24) is 5.43 Å². The molecule has 0 radical (unpaired) electrons. The molecular weight excluding hydrogens is 492 g/mol. The molecule has 0 saturated heterocycles. The summed E-state index contributed by atoms with van der Waals surface area (Å²) in [5, 5.41) is 16.8. The number of phenolic OH excluding ortho intramolecular Hbond substituents is 1. The molecule has 0 aliphatic carbocycles. The van der Waals surface area contributed by atoms with Crippen LogP contribution in [-0.2, 0) is 9.59 Å². The summed E-state index contributed by atoms with van der Waals surface area (Å²) < 4.78 is 16.0. The molecule has 0 bridgehead atoms. The van der Waals surface area contributed by atoms with Crippen LogP contribution in [0.3, 0.4) is 0 Å². The van der Waals surface area contributed by atoms with Crippen LogP contribution in [0.5, 0.6) is 23.0 Å². The van der Waals surface area contributed by atoms with Gasteiger partial charge in [0.2, 0.25) is 5.91 Å². The third-order valence-electron chi connectivity index (χ3n) is 5.37. The van der Waals surface area contributed by atoms with E-state index in [1.807, 2.05) is 21.1 Å². The lowest BCUT2D eigenvalue weighted by Gasteiger charge is -2.22. The van der Waals surface area contributed by atoms with E-state index in [0.717, 1.165) is 0 Å². The number of quaternary nitrogens is 1. The van der Waals surface area contributed by atoms with Crippen LogP contribution in [0.25, 0.3) is 0 Å². The van der Waals surface area contributed by atoms with Crippen molar-refractivity contribution in [3.63, 3.8) is 0 Å². The van der Waals surface area contributed by atoms with Crippen LogP contribution in [0.1, 0.15) is 36.0 Å². The van der Waals surface area contributed by atoms with Crippen molar-refractivity contribution in [3.05, 3.63) is 42.0 Å². The Kier molecular flexibility index (Phi) is 11.1. The predicted molar refractivity (Wildman–Crippen MR) is 144 cm³/mol. The number of hydrazone groups is 1. The van der Waals surface area contributed by atoms with E-state index in [1.165, 1.54) is 39.5 Å². The smallest absolute Gasteiger partial charge is 0.295 e. The van der Waals surface area contributed by atoms with Gasteiger partial charge >= 0.3 is 0 Å². The Morgan fingerprint density at radius 2 is 1.61 bits per heavy atom. The largest absolute Gasteiger partial charge is 0.504 e. The second kappa shape index (κ2) is 14.0. The van der Waals surface area contributed by atoms with Crippen molar-refractivity contribution >= 4 is 29.0 Å².